The molecule has 17 heavy (non-hydrogen) atoms. The fourth-order valence-corrected chi connectivity index (χ4v) is 2.08. The van der Waals surface area contributed by atoms with Gasteiger partial charge in [-0.05, 0) is 37.1 Å². The highest BCUT2D eigenvalue weighted by Crippen LogP contribution is 2.23. The van der Waals surface area contributed by atoms with Crippen LogP contribution in [0.3, 0.4) is 0 Å². The van der Waals surface area contributed by atoms with Crippen molar-refractivity contribution in [2.45, 2.75) is 26.8 Å². The molecule has 1 N–H and O–H groups in total. The van der Waals surface area contributed by atoms with Crippen LogP contribution in [0.25, 0.3) is 0 Å². The first-order valence-electron chi connectivity index (χ1n) is 5.72. The van der Waals surface area contributed by atoms with Crippen LogP contribution in [0.5, 0.6) is 0 Å². The van der Waals surface area contributed by atoms with E-state index >= 15 is 0 Å². The lowest BCUT2D eigenvalue weighted by Gasteiger charge is -2.32. The summed E-state index contributed by atoms with van der Waals surface area (Å²) in [5.41, 5.74) is 0.887. The van der Waals surface area contributed by atoms with E-state index in [0.29, 0.717) is 11.6 Å². The topological polar surface area (TPSA) is 40.5 Å². The molecule has 1 aromatic rings. The molecule has 0 unspecified atom stereocenters. The molecule has 0 amide bonds. The molecule has 3 nitrogen and oxygen atoms in total. The Labute approximate surface area is 107 Å². The Hall–Kier alpha value is -1.22. The van der Waals surface area contributed by atoms with Crippen molar-refractivity contribution in [3.05, 3.63) is 29.3 Å². The van der Waals surface area contributed by atoms with Gasteiger partial charge in [-0.25, -0.2) is 4.79 Å². The largest absolute Gasteiger partial charge is 0.480 e. The van der Waals surface area contributed by atoms with Crippen molar-refractivity contribution in [2.24, 2.45) is 5.92 Å². The van der Waals surface area contributed by atoms with Crippen molar-refractivity contribution in [3.63, 3.8) is 0 Å². The number of hydrogen-bond donors (Lipinski definition) is 1. The summed E-state index contributed by atoms with van der Waals surface area (Å²) in [5, 5.41) is 9.95. The van der Waals surface area contributed by atoms with E-state index in [-0.39, 0.29) is 5.92 Å². The predicted molar refractivity (Wildman–Crippen MR) is 70.7 cm³/mol. The molecule has 4 heteroatoms. The van der Waals surface area contributed by atoms with Crippen molar-refractivity contribution < 1.29 is 9.90 Å². The van der Waals surface area contributed by atoms with Crippen molar-refractivity contribution in [3.8, 4) is 0 Å². The molecule has 0 radical (unpaired) electrons. The Kier molecular flexibility index (Phi) is 4.82. The molecule has 1 aromatic carbocycles. The number of likely N-dealkylation sites (N-methyl/N-ethyl adjacent to an activating group) is 1. The third-order valence-corrected chi connectivity index (χ3v) is 2.97. The van der Waals surface area contributed by atoms with Crippen molar-refractivity contribution >= 4 is 23.3 Å². The Morgan fingerprint density at radius 3 is 2.24 bits per heavy atom. The van der Waals surface area contributed by atoms with Crippen LogP contribution in [0.15, 0.2) is 24.3 Å². The predicted octanol–water partition coefficient (Wildman–Crippen LogP) is 3.28. The van der Waals surface area contributed by atoms with Gasteiger partial charge in [-0.2, -0.15) is 0 Å². The molecule has 0 fully saturated rings. The first-order valence-corrected chi connectivity index (χ1v) is 6.10. The number of carbonyl (C=O) groups is 1. The third kappa shape index (κ3) is 3.37. The molecule has 0 heterocycles. The second-order valence-corrected chi connectivity index (χ2v) is 4.73. The minimum Gasteiger partial charge on any atom is -0.480 e. The summed E-state index contributed by atoms with van der Waals surface area (Å²) in [6.45, 7) is 6.43. The van der Waals surface area contributed by atoms with Gasteiger partial charge in [0.2, 0.25) is 0 Å². The molecule has 0 saturated heterocycles. The molecule has 0 aromatic heterocycles. The van der Waals surface area contributed by atoms with Gasteiger partial charge in [0, 0.05) is 17.3 Å². The number of aliphatic carboxylic acids is 1. The summed E-state index contributed by atoms with van der Waals surface area (Å²) >= 11 is 5.83. The molecule has 0 spiro atoms. The zero-order valence-electron chi connectivity index (χ0n) is 10.4. The summed E-state index contributed by atoms with van der Waals surface area (Å²) in [5.74, 6) is -0.750. The number of nitrogens with zero attached hydrogens (tertiary/aromatic N) is 1. The zero-order valence-corrected chi connectivity index (χ0v) is 11.1. The summed E-state index contributed by atoms with van der Waals surface area (Å²) in [7, 11) is 0. The average Bonchev–Trinajstić information content (AvgIpc) is 2.26. The highest BCUT2D eigenvalue weighted by Gasteiger charge is 2.27. The Bertz CT molecular complexity index is 376. The normalized spacial score (nSPS) is 12.5. The lowest BCUT2D eigenvalue weighted by Crippen LogP contribution is -2.44. The van der Waals surface area contributed by atoms with Gasteiger partial charge in [0.1, 0.15) is 6.04 Å². The SMILES string of the molecule is CCN(c1ccc(Cl)cc1)[C@H](C(=O)O)C(C)C. The lowest BCUT2D eigenvalue weighted by molar-refractivity contribution is -0.139. The maximum Gasteiger partial charge on any atom is 0.326 e. The van der Waals surface area contributed by atoms with Gasteiger partial charge < -0.3 is 10.0 Å². The second-order valence-electron chi connectivity index (χ2n) is 4.29. The van der Waals surface area contributed by atoms with Gasteiger partial charge in [-0.1, -0.05) is 25.4 Å². The fraction of sp³-hybridized carbons (Fsp3) is 0.462. The van der Waals surface area contributed by atoms with Crippen LogP contribution in [0.4, 0.5) is 5.69 Å². The van der Waals surface area contributed by atoms with Gasteiger partial charge in [0.05, 0.1) is 0 Å². The Morgan fingerprint density at radius 1 is 1.35 bits per heavy atom. The second kappa shape index (κ2) is 5.92. The van der Waals surface area contributed by atoms with Crippen molar-refractivity contribution in [1.29, 1.82) is 0 Å². The van der Waals surface area contributed by atoms with E-state index in [1.807, 2.05) is 37.8 Å². The molecule has 0 aliphatic carbocycles. The standard InChI is InChI=1S/C13H18ClNO2/c1-4-15(12(9(2)3)13(16)17)11-7-5-10(14)6-8-11/h5-9,12H,4H2,1-3H3,(H,16,17)/t12-/m0/s1. The smallest absolute Gasteiger partial charge is 0.326 e. The van der Waals surface area contributed by atoms with E-state index in [4.69, 9.17) is 11.6 Å². The van der Waals surface area contributed by atoms with Crippen molar-refractivity contribution in [2.75, 3.05) is 11.4 Å². The minimum absolute atomic E-state index is 0.0446. The number of carboxylic acids is 1. The summed E-state index contributed by atoms with van der Waals surface area (Å²) < 4.78 is 0. The highest BCUT2D eigenvalue weighted by atomic mass is 35.5. The number of rotatable bonds is 5. The monoisotopic (exact) mass is 255 g/mol. The highest BCUT2D eigenvalue weighted by molar-refractivity contribution is 6.30. The van der Waals surface area contributed by atoms with Gasteiger partial charge in [0.25, 0.3) is 0 Å². The van der Waals surface area contributed by atoms with Gasteiger partial charge in [-0.3, -0.25) is 0 Å². The molecule has 0 saturated carbocycles. The molecule has 0 bridgehead atoms. The molecular formula is C13H18ClNO2. The van der Waals surface area contributed by atoms with Crippen LogP contribution in [-0.2, 0) is 4.79 Å². The average molecular weight is 256 g/mol. The number of halogens is 1. The quantitative estimate of drug-likeness (QED) is 0.878. The van der Waals surface area contributed by atoms with Crippen LogP contribution in [0.1, 0.15) is 20.8 Å². The van der Waals surface area contributed by atoms with Crippen molar-refractivity contribution in [1.82, 2.24) is 0 Å². The van der Waals surface area contributed by atoms with E-state index in [0.717, 1.165) is 5.69 Å². The summed E-state index contributed by atoms with van der Waals surface area (Å²) in [6, 6.07) is 6.74. The number of anilines is 1. The first kappa shape index (κ1) is 13.8. The molecule has 0 aliphatic rings. The zero-order chi connectivity index (χ0) is 13.0. The Morgan fingerprint density at radius 2 is 1.88 bits per heavy atom. The van der Waals surface area contributed by atoms with Crippen LogP contribution < -0.4 is 4.90 Å². The van der Waals surface area contributed by atoms with E-state index < -0.39 is 12.0 Å². The van der Waals surface area contributed by atoms with Gasteiger partial charge in [0.15, 0.2) is 0 Å². The minimum atomic E-state index is -0.795. The van der Waals surface area contributed by atoms with Crippen LogP contribution in [-0.4, -0.2) is 23.7 Å². The third-order valence-electron chi connectivity index (χ3n) is 2.72. The number of hydrogen-bond acceptors (Lipinski definition) is 2. The van der Waals surface area contributed by atoms with E-state index in [2.05, 4.69) is 0 Å². The van der Waals surface area contributed by atoms with Crippen LogP contribution in [0, 0.1) is 5.92 Å². The number of benzene rings is 1. The molecule has 1 rings (SSSR count). The first-order chi connectivity index (χ1) is 7.97. The maximum absolute atomic E-state index is 11.3. The van der Waals surface area contributed by atoms with Gasteiger partial charge in [-0.15, -0.1) is 0 Å². The molecule has 0 aliphatic heterocycles. The van der Waals surface area contributed by atoms with Crippen LogP contribution in [0.2, 0.25) is 5.02 Å². The molecular weight excluding hydrogens is 238 g/mol. The van der Waals surface area contributed by atoms with Crippen LogP contribution >= 0.6 is 11.6 Å². The number of carboxylic acid groups (broad SMARTS) is 1. The molecule has 94 valence electrons. The molecule has 1 atom stereocenters. The fourth-order valence-electron chi connectivity index (χ4n) is 1.95. The summed E-state index contributed by atoms with van der Waals surface area (Å²) in [4.78, 5) is 13.2. The maximum atomic E-state index is 11.3. The Balaban J connectivity index is 3.04. The lowest BCUT2D eigenvalue weighted by atomic mass is 10.0. The van der Waals surface area contributed by atoms with E-state index in [1.54, 1.807) is 12.1 Å². The van der Waals surface area contributed by atoms with E-state index in [1.165, 1.54) is 0 Å². The van der Waals surface area contributed by atoms with E-state index in [9.17, 15) is 9.90 Å². The van der Waals surface area contributed by atoms with Gasteiger partial charge >= 0.3 is 5.97 Å². The summed E-state index contributed by atoms with van der Waals surface area (Å²) in [6.07, 6.45) is 0.